The molecule has 2 aromatic heterocycles. The molecule has 2 heterocycles. The van der Waals surface area contributed by atoms with Crippen molar-refractivity contribution in [3.8, 4) is 0 Å². The van der Waals surface area contributed by atoms with Gasteiger partial charge in [-0.1, -0.05) is 5.16 Å². The van der Waals surface area contributed by atoms with Gasteiger partial charge in [0, 0.05) is 23.6 Å². The number of nitrogens with one attached hydrogen (secondary N) is 1. The average molecular weight is 270 g/mol. The van der Waals surface area contributed by atoms with Crippen molar-refractivity contribution < 1.29 is 9.45 Å². The molecule has 0 saturated heterocycles. The molecule has 0 amide bonds. The summed E-state index contributed by atoms with van der Waals surface area (Å²) in [5.41, 5.74) is 1.53. The van der Waals surface area contributed by atoms with Crippen molar-refractivity contribution in [3.63, 3.8) is 0 Å². The molecule has 0 spiro atoms. The third-order valence-corrected chi connectivity index (χ3v) is 2.83. The van der Waals surface area contributed by atoms with Gasteiger partial charge in [0.1, 0.15) is 17.8 Å². The van der Waals surface area contributed by atoms with Crippen LogP contribution in [0, 0.1) is 10.1 Å². The highest BCUT2D eigenvalue weighted by atomic mass is 16.6. The molecule has 7 nitrogen and oxygen atoms in total. The van der Waals surface area contributed by atoms with Crippen molar-refractivity contribution in [2.75, 3.05) is 5.32 Å². The zero-order valence-electron chi connectivity index (χ0n) is 10.3. The quantitative estimate of drug-likeness (QED) is 0.578. The Bertz CT molecular complexity index is 755. The molecule has 0 aliphatic heterocycles. The van der Waals surface area contributed by atoms with Gasteiger partial charge in [-0.25, -0.2) is 4.98 Å². The van der Waals surface area contributed by atoms with Crippen molar-refractivity contribution >= 4 is 22.4 Å². The Morgan fingerprint density at radius 1 is 1.25 bits per heavy atom. The topological polar surface area (TPSA) is 94.1 Å². The molecular formula is C13H10N4O3. The second kappa shape index (κ2) is 4.96. The molecule has 20 heavy (non-hydrogen) atoms. The van der Waals surface area contributed by atoms with E-state index in [1.165, 1.54) is 18.4 Å². The number of aromatic nitrogens is 2. The van der Waals surface area contributed by atoms with E-state index in [2.05, 4.69) is 15.5 Å². The number of anilines is 1. The number of non-ortho nitro benzene ring substituents is 1. The molecule has 100 valence electrons. The first-order valence-electron chi connectivity index (χ1n) is 5.91. The maximum atomic E-state index is 10.7. The summed E-state index contributed by atoms with van der Waals surface area (Å²) in [6.07, 6.45) is 1.50. The van der Waals surface area contributed by atoms with Gasteiger partial charge in [-0.15, -0.1) is 0 Å². The summed E-state index contributed by atoms with van der Waals surface area (Å²) < 4.78 is 4.73. The van der Waals surface area contributed by atoms with Gasteiger partial charge in [0.05, 0.1) is 17.0 Å². The van der Waals surface area contributed by atoms with E-state index >= 15 is 0 Å². The van der Waals surface area contributed by atoms with E-state index in [1.807, 2.05) is 0 Å². The Kier molecular flexibility index (Phi) is 3.00. The molecule has 3 aromatic rings. The number of pyridine rings is 1. The lowest BCUT2D eigenvalue weighted by molar-refractivity contribution is -0.384. The average Bonchev–Trinajstić information content (AvgIpc) is 2.97. The minimum atomic E-state index is -0.420. The predicted octanol–water partition coefficient (Wildman–Crippen LogP) is 2.74. The van der Waals surface area contributed by atoms with Crippen LogP contribution in [-0.2, 0) is 6.54 Å². The van der Waals surface area contributed by atoms with Crippen LogP contribution < -0.4 is 5.32 Å². The van der Waals surface area contributed by atoms with E-state index < -0.39 is 4.92 Å². The summed E-state index contributed by atoms with van der Waals surface area (Å²) in [6.45, 7) is 0.502. The first-order chi connectivity index (χ1) is 9.72. The normalized spacial score (nSPS) is 10.6. The van der Waals surface area contributed by atoms with Crippen LogP contribution in [0.25, 0.3) is 10.9 Å². The minimum absolute atomic E-state index is 0.0580. The molecule has 0 saturated carbocycles. The molecular weight excluding hydrogens is 260 g/mol. The molecule has 0 fully saturated rings. The van der Waals surface area contributed by atoms with Crippen LogP contribution in [0.2, 0.25) is 0 Å². The summed E-state index contributed by atoms with van der Waals surface area (Å²) in [7, 11) is 0. The number of nitrogens with zero attached hydrogens (tertiary/aromatic N) is 3. The number of benzene rings is 1. The Labute approximate surface area is 113 Å². The number of nitro benzene ring substituents is 1. The fourth-order valence-electron chi connectivity index (χ4n) is 1.83. The van der Waals surface area contributed by atoms with E-state index in [0.717, 1.165) is 11.1 Å². The van der Waals surface area contributed by atoms with Crippen LogP contribution >= 0.6 is 0 Å². The van der Waals surface area contributed by atoms with Crippen molar-refractivity contribution in [1.29, 1.82) is 0 Å². The SMILES string of the molecule is O=[N+]([O-])c1ccc2nc(NCc3ccon3)ccc2c1. The van der Waals surface area contributed by atoms with E-state index in [-0.39, 0.29) is 5.69 Å². The predicted molar refractivity (Wildman–Crippen MR) is 72.2 cm³/mol. The number of nitro groups is 1. The van der Waals surface area contributed by atoms with Crippen LogP contribution in [0.5, 0.6) is 0 Å². The van der Waals surface area contributed by atoms with E-state index in [9.17, 15) is 10.1 Å². The van der Waals surface area contributed by atoms with Crippen molar-refractivity contribution in [1.82, 2.24) is 10.1 Å². The minimum Gasteiger partial charge on any atom is -0.364 e. The largest absolute Gasteiger partial charge is 0.364 e. The highest BCUT2D eigenvalue weighted by Crippen LogP contribution is 2.21. The second-order valence-corrected chi connectivity index (χ2v) is 4.17. The van der Waals surface area contributed by atoms with Crippen LogP contribution in [0.15, 0.2) is 47.2 Å². The number of rotatable bonds is 4. The van der Waals surface area contributed by atoms with Gasteiger partial charge in [0.25, 0.3) is 5.69 Å². The lowest BCUT2D eigenvalue weighted by Crippen LogP contribution is -2.01. The molecule has 0 aliphatic carbocycles. The summed E-state index contributed by atoms with van der Waals surface area (Å²) in [5, 5.41) is 18.3. The highest BCUT2D eigenvalue weighted by Gasteiger charge is 2.07. The van der Waals surface area contributed by atoms with E-state index in [1.54, 1.807) is 24.3 Å². The van der Waals surface area contributed by atoms with Gasteiger partial charge in [-0.3, -0.25) is 10.1 Å². The molecule has 0 atom stereocenters. The lowest BCUT2D eigenvalue weighted by atomic mass is 10.2. The molecule has 1 aromatic carbocycles. The van der Waals surface area contributed by atoms with Crippen LogP contribution in [0.3, 0.4) is 0 Å². The highest BCUT2D eigenvalue weighted by molar-refractivity contribution is 5.82. The molecule has 0 aliphatic rings. The number of hydrogen-bond acceptors (Lipinski definition) is 6. The van der Waals surface area contributed by atoms with Gasteiger partial charge in [0.15, 0.2) is 0 Å². The summed E-state index contributed by atoms with van der Waals surface area (Å²) in [4.78, 5) is 14.7. The lowest BCUT2D eigenvalue weighted by Gasteiger charge is -2.04. The third kappa shape index (κ3) is 2.41. The molecule has 7 heteroatoms. The molecule has 1 N–H and O–H groups in total. The molecule has 0 unspecified atom stereocenters. The van der Waals surface area contributed by atoms with Crippen molar-refractivity contribution in [3.05, 3.63) is 58.5 Å². The van der Waals surface area contributed by atoms with Crippen molar-refractivity contribution in [2.45, 2.75) is 6.54 Å². The Morgan fingerprint density at radius 3 is 2.90 bits per heavy atom. The monoisotopic (exact) mass is 270 g/mol. The number of fused-ring (bicyclic) bond motifs is 1. The van der Waals surface area contributed by atoms with Crippen molar-refractivity contribution in [2.24, 2.45) is 0 Å². The number of hydrogen-bond donors (Lipinski definition) is 1. The van der Waals surface area contributed by atoms with Crippen LogP contribution in [-0.4, -0.2) is 15.1 Å². The van der Waals surface area contributed by atoms with Gasteiger partial charge in [0.2, 0.25) is 0 Å². The third-order valence-electron chi connectivity index (χ3n) is 2.83. The standard InChI is InChI=1S/C13H10N4O3/c18-17(19)11-2-3-12-9(7-11)1-4-13(15-12)14-8-10-5-6-20-16-10/h1-7H,8H2,(H,14,15). The molecule has 0 radical (unpaired) electrons. The zero-order chi connectivity index (χ0) is 13.9. The summed E-state index contributed by atoms with van der Waals surface area (Å²) in [5.74, 6) is 0.675. The van der Waals surface area contributed by atoms with Crippen LogP contribution in [0.1, 0.15) is 5.69 Å². The Balaban J connectivity index is 1.83. The summed E-state index contributed by atoms with van der Waals surface area (Å²) >= 11 is 0. The fraction of sp³-hybridized carbons (Fsp3) is 0.0769. The second-order valence-electron chi connectivity index (χ2n) is 4.17. The maximum absolute atomic E-state index is 10.7. The first-order valence-corrected chi connectivity index (χ1v) is 5.91. The Hall–Kier alpha value is -2.96. The zero-order valence-corrected chi connectivity index (χ0v) is 10.3. The fourth-order valence-corrected chi connectivity index (χ4v) is 1.83. The van der Waals surface area contributed by atoms with E-state index in [4.69, 9.17) is 4.52 Å². The smallest absolute Gasteiger partial charge is 0.270 e. The van der Waals surface area contributed by atoms with Gasteiger partial charge < -0.3 is 9.84 Å². The molecule has 0 bridgehead atoms. The van der Waals surface area contributed by atoms with Gasteiger partial charge in [-0.05, 0) is 18.2 Å². The van der Waals surface area contributed by atoms with Gasteiger partial charge >= 0.3 is 0 Å². The Morgan fingerprint density at radius 2 is 2.15 bits per heavy atom. The first kappa shape index (κ1) is 12.1. The molecule has 3 rings (SSSR count). The van der Waals surface area contributed by atoms with Gasteiger partial charge in [-0.2, -0.15) is 0 Å². The summed E-state index contributed by atoms with van der Waals surface area (Å²) in [6, 6.07) is 9.90. The van der Waals surface area contributed by atoms with Crippen LogP contribution in [0.4, 0.5) is 11.5 Å². The maximum Gasteiger partial charge on any atom is 0.270 e. The van der Waals surface area contributed by atoms with E-state index in [0.29, 0.717) is 17.9 Å².